The van der Waals surface area contributed by atoms with Crippen LogP contribution in [0.15, 0.2) is 65.6 Å². The van der Waals surface area contributed by atoms with Crippen molar-refractivity contribution < 1.29 is 27.4 Å². The number of fused-ring (bicyclic) bond motifs is 2. The summed E-state index contributed by atoms with van der Waals surface area (Å²) in [4.78, 5) is 13.2. The summed E-state index contributed by atoms with van der Waals surface area (Å²) in [5, 5.41) is 14.1. The van der Waals surface area contributed by atoms with Gasteiger partial charge in [0.2, 0.25) is 5.52 Å². The standard InChI is InChI=1S/C24H18N2O5S/c1-13-7-8-17(20(11-13)32(29,30)31)25-18-9-10-19-22-16(12-21(27)26(19)2)14-5-3-4-6-15(14)24(28)23(18)22/h3-12H,1-2H3,(H2,25,28,29,30,31). The molecule has 0 atom stereocenters. The molecule has 0 unspecified atom stereocenters. The first-order chi connectivity index (χ1) is 15.2. The Hall–Kier alpha value is -3.75. The van der Waals surface area contributed by atoms with Crippen LogP contribution >= 0.6 is 0 Å². The second-order valence-corrected chi connectivity index (χ2v) is 9.16. The predicted molar refractivity (Wildman–Crippen MR) is 118 cm³/mol. The van der Waals surface area contributed by atoms with E-state index >= 15 is 0 Å². The topological polar surface area (TPSA) is 110 Å². The van der Waals surface area contributed by atoms with Gasteiger partial charge in [-0.2, -0.15) is 4.57 Å². The highest BCUT2D eigenvalue weighted by Crippen LogP contribution is 2.43. The number of carbonyl (C=O) groups is 1. The summed E-state index contributed by atoms with van der Waals surface area (Å²) >= 11 is 0. The van der Waals surface area contributed by atoms with E-state index in [0.29, 0.717) is 44.4 Å². The second-order valence-electron chi connectivity index (χ2n) is 7.81. The van der Waals surface area contributed by atoms with E-state index in [-0.39, 0.29) is 22.2 Å². The monoisotopic (exact) mass is 446 g/mol. The quantitative estimate of drug-likeness (QED) is 0.324. The number of carbonyl (C=O) groups excluding carboxylic acids is 1. The first-order valence-electron chi connectivity index (χ1n) is 9.83. The third kappa shape index (κ3) is 2.96. The van der Waals surface area contributed by atoms with Crippen LogP contribution < -0.4 is 9.88 Å². The van der Waals surface area contributed by atoms with Crippen molar-refractivity contribution in [3.8, 4) is 17.0 Å². The molecule has 8 heteroatoms. The summed E-state index contributed by atoms with van der Waals surface area (Å²) in [5.74, 6) is -0.188. The molecule has 1 aromatic heterocycles. The average Bonchev–Trinajstić information content (AvgIpc) is 2.75. The highest BCUT2D eigenvalue weighted by Gasteiger charge is 2.32. The highest BCUT2D eigenvalue weighted by molar-refractivity contribution is 7.86. The van der Waals surface area contributed by atoms with Crippen LogP contribution in [-0.4, -0.2) is 23.9 Å². The lowest BCUT2D eigenvalue weighted by atomic mass is 9.83. The van der Waals surface area contributed by atoms with E-state index in [1.165, 1.54) is 12.1 Å². The lowest BCUT2D eigenvalue weighted by molar-refractivity contribution is -0.651. The molecule has 0 saturated heterocycles. The highest BCUT2D eigenvalue weighted by atomic mass is 32.2. The molecule has 0 bridgehead atoms. The zero-order valence-electron chi connectivity index (χ0n) is 17.2. The summed E-state index contributed by atoms with van der Waals surface area (Å²) in [6.45, 7) is 1.69. The third-order valence-electron chi connectivity index (χ3n) is 5.80. The van der Waals surface area contributed by atoms with Gasteiger partial charge in [0, 0.05) is 17.2 Å². The molecule has 2 N–H and O–H groups in total. The normalized spacial score (nSPS) is 12.7. The Labute approximate surface area is 184 Å². The second kappa shape index (κ2) is 6.88. The average molecular weight is 446 g/mol. The van der Waals surface area contributed by atoms with Crippen LogP contribution in [0.3, 0.4) is 0 Å². The van der Waals surface area contributed by atoms with Crippen LogP contribution in [0.4, 0.5) is 11.4 Å². The van der Waals surface area contributed by atoms with E-state index in [0.717, 1.165) is 0 Å². The van der Waals surface area contributed by atoms with Crippen LogP contribution in [-0.2, 0) is 17.2 Å². The molecule has 1 aliphatic rings. The van der Waals surface area contributed by atoms with Crippen molar-refractivity contribution >= 4 is 38.2 Å². The molecule has 0 spiro atoms. The molecule has 1 heterocycles. The number of anilines is 2. The smallest absolute Gasteiger partial charge is 0.366 e. The molecule has 0 amide bonds. The van der Waals surface area contributed by atoms with Crippen LogP contribution in [0.1, 0.15) is 21.5 Å². The molecule has 0 fully saturated rings. The van der Waals surface area contributed by atoms with Gasteiger partial charge >= 0.3 is 5.88 Å². The zero-order valence-corrected chi connectivity index (χ0v) is 18.0. The van der Waals surface area contributed by atoms with Gasteiger partial charge < -0.3 is 15.0 Å². The summed E-state index contributed by atoms with van der Waals surface area (Å²) < 4.78 is 37.1. The number of nitrogens with one attached hydrogen (secondary N) is 1. The number of ketones is 1. The van der Waals surface area contributed by atoms with E-state index in [1.807, 2.05) is 12.1 Å². The summed E-state index contributed by atoms with van der Waals surface area (Å²) in [6, 6.07) is 16.6. The molecular weight excluding hydrogens is 428 g/mol. The predicted octanol–water partition coefficient (Wildman–Crippen LogP) is 3.54. The molecule has 0 aliphatic heterocycles. The van der Waals surface area contributed by atoms with Gasteiger partial charge in [-0.1, -0.05) is 30.3 Å². The van der Waals surface area contributed by atoms with Crippen molar-refractivity contribution in [3.63, 3.8) is 0 Å². The number of benzene rings is 3. The van der Waals surface area contributed by atoms with E-state index in [4.69, 9.17) is 0 Å². The fraction of sp³-hybridized carbons (Fsp3) is 0.0833. The first kappa shape index (κ1) is 20.2. The van der Waals surface area contributed by atoms with Gasteiger partial charge in [-0.15, -0.1) is 0 Å². The molecule has 4 aromatic rings. The summed E-state index contributed by atoms with van der Waals surface area (Å²) in [5.41, 5.74) is 3.97. The number of rotatable bonds is 3. The minimum Gasteiger partial charge on any atom is -0.744 e. The lowest BCUT2D eigenvalue weighted by Crippen LogP contribution is -2.30. The Morgan fingerprint density at radius 2 is 1.62 bits per heavy atom. The molecule has 1 aliphatic carbocycles. The molecular formula is C24H18N2O5S. The number of aromatic nitrogens is 1. The van der Waals surface area contributed by atoms with E-state index in [9.17, 15) is 22.9 Å². The Morgan fingerprint density at radius 1 is 0.938 bits per heavy atom. The SMILES string of the molecule is Cc1ccc(Nc2ccc3c4c(cc(O)[n+]3C)-c3ccccc3C(=O)c24)c(S(=O)(=O)[O-])c1. The summed E-state index contributed by atoms with van der Waals surface area (Å²) in [7, 11) is -3.05. The number of hydrogen-bond donors (Lipinski definition) is 2. The largest absolute Gasteiger partial charge is 0.744 e. The molecule has 5 rings (SSSR count). The van der Waals surface area contributed by atoms with Crippen molar-refractivity contribution in [1.29, 1.82) is 0 Å². The minimum atomic E-state index is -4.74. The van der Waals surface area contributed by atoms with Crippen molar-refractivity contribution in [1.82, 2.24) is 0 Å². The van der Waals surface area contributed by atoms with Crippen LogP contribution in [0.25, 0.3) is 22.0 Å². The van der Waals surface area contributed by atoms with Crippen molar-refractivity contribution in [2.24, 2.45) is 7.05 Å². The molecule has 7 nitrogen and oxygen atoms in total. The lowest BCUT2D eigenvalue weighted by Gasteiger charge is -2.22. The Kier molecular flexibility index (Phi) is 4.34. The Bertz CT molecular complexity index is 1580. The van der Waals surface area contributed by atoms with Gasteiger partial charge in [-0.05, 0) is 36.2 Å². The number of nitrogens with zero attached hydrogens (tertiary/aromatic N) is 1. The fourth-order valence-corrected chi connectivity index (χ4v) is 4.97. The molecule has 0 radical (unpaired) electrons. The van der Waals surface area contributed by atoms with Gasteiger partial charge in [-0.25, -0.2) is 8.42 Å². The van der Waals surface area contributed by atoms with E-state index in [2.05, 4.69) is 5.32 Å². The number of pyridine rings is 1. The van der Waals surface area contributed by atoms with Gasteiger partial charge in [0.15, 0.2) is 5.78 Å². The number of aromatic hydroxyl groups is 1. The maximum absolute atomic E-state index is 13.5. The zero-order chi connectivity index (χ0) is 22.8. The summed E-state index contributed by atoms with van der Waals surface area (Å²) in [6.07, 6.45) is 0. The number of hydrogen-bond acceptors (Lipinski definition) is 6. The van der Waals surface area contributed by atoms with Crippen molar-refractivity contribution in [2.75, 3.05) is 5.32 Å². The first-order valence-corrected chi connectivity index (χ1v) is 11.2. The molecule has 0 saturated carbocycles. The third-order valence-corrected chi connectivity index (χ3v) is 6.67. The Morgan fingerprint density at radius 3 is 2.34 bits per heavy atom. The molecule has 160 valence electrons. The van der Waals surface area contributed by atoms with E-state index in [1.54, 1.807) is 54.9 Å². The van der Waals surface area contributed by atoms with Crippen LogP contribution in [0.2, 0.25) is 0 Å². The van der Waals surface area contributed by atoms with Gasteiger partial charge in [-0.3, -0.25) is 4.79 Å². The van der Waals surface area contributed by atoms with Gasteiger partial charge in [0.05, 0.1) is 33.3 Å². The van der Waals surface area contributed by atoms with Crippen molar-refractivity contribution in [2.45, 2.75) is 11.8 Å². The van der Waals surface area contributed by atoms with Gasteiger partial charge in [0.25, 0.3) is 0 Å². The van der Waals surface area contributed by atoms with Crippen LogP contribution in [0, 0.1) is 6.92 Å². The maximum Gasteiger partial charge on any atom is 0.366 e. The molecule has 3 aromatic carbocycles. The number of aryl methyl sites for hydroxylation is 2. The maximum atomic E-state index is 13.5. The van der Waals surface area contributed by atoms with Gasteiger partial charge in [0.1, 0.15) is 17.2 Å². The van der Waals surface area contributed by atoms with E-state index < -0.39 is 10.1 Å². The van der Waals surface area contributed by atoms with Crippen LogP contribution in [0.5, 0.6) is 5.88 Å². The fourth-order valence-electron chi connectivity index (χ4n) is 4.25. The van der Waals surface area contributed by atoms with Crippen molar-refractivity contribution in [3.05, 3.63) is 77.4 Å². The minimum absolute atomic E-state index is 0.0431. The Balaban J connectivity index is 1.82. The molecule has 32 heavy (non-hydrogen) atoms.